The Labute approximate surface area is 115 Å². The molecular formula is C17H21NO. The lowest BCUT2D eigenvalue weighted by Gasteiger charge is -2.17. The molecule has 2 aromatic rings. The summed E-state index contributed by atoms with van der Waals surface area (Å²) in [5.41, 5.74) is 3.57. The quantitative estimate of drug-likeness (QED) is 0.865. The van der Waals surface area contributed by atoms with Gasteiger partial charge in [-0.05, 0) is 44.5 Å². The van der Waals surface area contributed by atoms with Crippen molar-refractivity contribution in [1.82, 2.24) is 0 Å². The molecular weight excluding hydrogens is 234 g/mol. The van der Waals surface area contributed by atoms with Crippen molar-refractivity contribution in [2.24, 2.45) is 0 Å². The van der Waals surface area contributed by atoms with E-state index in [9.17, 15) is 0 Å². The fraction of sp³-hybridized carbons (Fsp3) is 0.294. The third-order valence-electron chi connectivity index (χ3n) is 3.07. The number of rotatable bonds is 5. The number of benzene rings is 2. The second kappa shape index (κ2) is 6.28. The van der Waals surface area contributed by atoms with Crippen molar-refractivity contribution in [3.05, 3.63) is 59.7 Å². The van der Waals surface area contributed by atoms with E-state index in [1.807, 2.05) is 18.2 Å². The minimum absolute atomic E-state index is 0.127. The Hall–Kier alpha value is -1.96. The van der Waals surface area contributed by atoms with Gasteiger partial charge in [-0.3, -0.25) is 0 Å². The highest BCUT2D eigenvalue weighted by Gasteiger charge is 2.05. The zero-order chi connectivity index (χ0) is 13.7. The maximum Gasteiger partial charge on any atom is 0.122 e. The highest BCUT2D eigenvalue weighted by molar-refractivity contribution is 5.44. The molecule has 0 fully saturated rings. The van der Waals surface area contributed by atoms with Gasteiger partial charge < -0.3 is 10.1 Å². The zero-order valence-corrected chi connectivity index (χ0v) is 11.8. The molecule has 0 aliphatic carbocycles. The second-order valence-corrected chi connectivity index (χ2v) is 4.94. The van der Waals surface area contributed by atoms with Gasteiger partial charge in [0, 0.05) is 5.69 Å². The standard InChI is InChI=1S/C17H21NO/c1-13-8-10-16(11-9-13)18-12-15(3)19-17-7-5-4-6-14(17)2/h4-11,15,18H,12H2,1-3H3. The third kappa shape index (κ3) is 4.02. The summed E-state index contributed by atoms with van der Waals surface area (Å²) < 4.78 is 5.93. The van der Waals surface area contributed by atoms with Crippen molar-refractivity contribution in [2.45, 2.75) is 26.9 Å². The lowest BCUT2D eigenvalue weighted by atomic mass is 10.2. The molecule has 1 unspecified atom stereocenters. The summed E-state index contributed by atoms with van der Waals surface area (Å²) in [5, 5.41) is 3.39. The molecule has 19 heavy (non-hydrogen) atoms. The van der Waals surface area contributed by atoms with Gasteiger partial charge in [0.15, 0.2) is 0 Å². The third-order valence-corrected chi connectivity index (χ3v) is 3.07. The first-order valence-electron chi connectivity index (χ1n) is 6.68. The van der Waals surface area contributed by atoms with Gasteiger partial charge in [0.1, 0.15) is 11.9 Å². The van der Waals surface area contributed by atoms with E-state index in [4.69, 9.17) is 4.74 Å². The normalized spacial score (nSPS) is 11.9. The predicted molar refractivity (Wildman–Crippen MR) is 80.9 cm³/mol. The molecule has 0 bridgehead atoms. The zero-order valence-electron chi connectivity index (χ0n) is 11.8. The van der Waals surface area contributed by atoms with Crippen LogP contribution >= 0.6 is 0 Å². The van der Waals surface area contributed by atoms with E-state index in [0.29, 0.717) is 0 Å². The molecule has 100 valence electrons. The molecule has 1 atom stereocenters. The van der Waals surface area contributed by atoms with Crippen LogP contribution in [0, 0.1) is 13.8 Å². The first-order valence-corrected chi connectivity index (χ1v) is 6.68. The lowest BCUT2D eigenvalue weighted by Crippen LogP contribution is -2.22. The lowest BCUT2D eigenvalue weighted by molar-refractivity contribution is 0.233. The van der Waals surface area contributed by atoms with Gasteiger partial charge in [0.25, 0.3) is 0 Å². The van der Waals surface area contributed by atoms with Crippen molar-refractivity contribution < 1.29 is 4.74 Å². The first kappa shape index (κ1) is 13.5. The summed E-state index contributed by atoms with van der Waals surface area (Å²) in [6, 6.07) is 16.5. The van der Waals surface area contributed by atoms with E-state index in [-0.39, 0.29) is 6.10 Å². The van der Waals surface area contributed by atoms with Crippen molar-refractivity contribution >= 4 is 5.69 Å². The Balaban J connectivity index is 1.86. The average Bonchev–Trinajstić information content (AvgIpc) is 2.41. The van der Waals surface area contributed by atoms with Crippen LogP contribution < -0.4 is 10.1 Å². The largest absolute Gasteiger partial charge is 0.489 e. The summed E-state index contributed by atoms with van der Waals surface area (Å²) in [7, 11) is 0. The van der Waals surface area contributed by atoms with Crippen LogP contribution in [0.3, 0.4) is 0 Å². The Kier molecular flexibility index (Phi) is 4.45. The number of hydrogen-bond donors (Lipinski definition) is 1. The van der Waals surface area contributed by atoms with Gasteiger partial charge in [-0.25, -0.2) is 0 Å². The van der Waals surface area contributed by atoms with E-state index in [2.05, 4.69) is 56.4 Å². The smallest absolute Gasteiger partial charge is 0.122 e. The van der Waals surface area contributed by atoms with Crippen LogP contribution in [0.1, 0.15) is 18.1 Å². The van der Waals surface area contributed by atoms with Gasteiger partial charge in [0.2, 0.25) is 0 Å². The maximum absolute atomic E-state index is 5.93. The Morgan fingerprint density at radius 2 is 1.68 bits per heavy atom. The fourth-order valence-electron chi connectivity index (χ4n) is 1.88. The van der Waals surface area contributed by atoms with Crippen LogP contribution in [0.4, 0.5) is 5.69 Å². The van der Waals surface area contributed by atoms with Crippen LogP contribution in [0.25, 0.3) is 0 Å². The molecule has 1 N–H and O–H groups in total. The summed E-state index contributed by atoms with van der Waals surface area (Å²) in [5.74, 6) is 0.959. The van der Waals surface area contributed by atoms with Crippen molar-refractivity contribution in [3.63, 3.8) is 0 Å². The summed E-state index contributed by atoms with van der Waals surface area (Å²) in [6.45, 7) is 7.02. The molecule has 0 radical (unpaired) electrons. The van der Waals surface area contributed by atoms with E-state index in [1.54, 1.807) is 0 Å². The van der Waals surface area contributed by atoms with E-state index in [0.717, 1.165) is 18.0 Å². The van der Waals surface area contributed by atoms with Gasteiger partial charge >= 0.3 is 0 Å². The minimum atomic E-state index is 0.127. The van der Waals surface area contributed by atoms with Crippen LogP contribution in [0.5, 0.6) is 5.75 Å². The Morgan fingerprint density at radius 3 is 2.37 bits per heavy atom. The molecule has 0 aliphatic heterocycles. The molecule has 2 rings (SSSR count). The van der Waals surface area contributed by atoms with Crippen LogP contribution in [0.15, 0.2) is 48.5 Å². The van der Waals surface area contributed by atoms with E-state index < -0.39 is 0 Å². The van der Waals surface area contributed by atoms with Crippen LogP contribution in [0.2, 0.25) is 0 Å². The average molecular weight is 255 g/mol. The Bertz CT molecular complexity index is 519. The number of hydrogen-bond acceptors (Lipinski definition) is 2. The molecule has 0 aromatic heterocycles. The van der Waals surface area contributed by atoms with Crippen molar-refractivity contribution in [1.29, 1.82) is 0 Å². The first-order chi connectivity index (χ1) is 9.15. The number of ether oxygens (including phenoxy) is 1. The number of anilines is 1. The van der Waals surface area contributed by atoms with Gasteiger partial charge in [-0.2, -0.15) is 0 Å². The maximum atomic E-state index is 5.93. The molecule has 2 aromatic carbocycles. The van der Waals surface area contributed by atoms with Crippen LogP contribution in [-0.2, 0) is 0 Å². The fourth-order valence-corrected chi connectivity index (χ4v) is 1.88. The van der Waals surface area contributed by atoms with Crippen molar-refractivity contribution in [2.75, 3.05) is 11.9 Å². The Morgan fingerprint density at radius 1 is 1.00 bits per heavy atom. The number of aryl methyl sites for hydroxylation is 2. The number of nitrogens with one attached hydrogen (secondary N) is 1. The van der Waals surface area contributed by atoms with E-state index in [1.165, 1.54) is 11.1 Å². The summed E-state index contributed by atoms with van der Waals surface area (Å²) >= 11 is 0. The monoisotopic (exact) mass is 255 g/mol. The molecule has 0 heterocycles. The predicted octanol–water partition coefficient (Wildman–Crippen LogP) is 4.18. The molecule has 0 saturated carbocycles. The van der Waals surface area contributed by atoms with Gasteiger partial charge in [0.05, 0.1) is 6.54 Å². The number of para-hydroxylation sites is 1. The topological polar surface area (TPSA) is 21.3 Å². The molecule has 0 saturated heterocycles. The second-order valence-electron chi connectivity index (χ2n) is 4.94. The molecule has 0 amide bonds. The summed E-state index contributed by atoms with van der Waals surface area (Å²) in [6.07, 6.45) is 0.127. The van der Waals surface area contributed by atoms with Crippen LogP contribution in [-0.4, -0.2) is 12.6 Å². The van der Waals surface area contributed by atoms with Crippen molar-refractivity contribution in [3.8, 4) is 5.75 Å². The van der Waals surface area contributed by atoms with Gasteiger partial charge in [-0.15, -0.1) is 0 Å². The molecule has 0 spiro atoms. The van der Waals surface area contributed by atoms with Gasteiger partial charge in [-0.1, -0.05) is 35.9 Å². The SMILES string of the molecule is Cc1ccc(NCC(C)Oc2ccccc2C)cc1. The van der Waals surface area contributed by atoms with E-state index >= 15 is 0 Å². The molecule has 2 nitrogen and oxygen atoms in total. The molecule has 0 aliphatic rings. The minimum Gasteiger partial charge on any atom is -0.489 e. The molecule has 2 heteroatoms. The highest BCUT2D eigenvalue weighted by atomic mass is 16.5. The highest BCUT2D eigenvalue weighted by Crippen LogP contribution is 2.18. The summed E-state index contributed by atoms with van der Waals surface area (Å²) in [4.78, 5) is 0.